The third kappa shape index (κ3) is 4.86. The van der Waals surface area contributed by atoms with Gasteiger partial charge in [-0.05, 0) is 47.2 Å². The van der Waals surface area contributed by atoms with Crippen LogP contribution in [0.25, 0.3) is 0 Å². The summed E-state index contributed by atoms with van der Waals surface area (Å²) in [5.41, 5.74) is 4.84. The highest BCUT2D eigenvalue weighted by atomic mass is 35.5. The second-order valence-corrected chi connectivity index (χ2v) is 10.6. The van der Waals surface area contributed by atoms with E-state index in [1.807, 2.05) is 65.6 Å². The number of anilines is 2. The average Bonchev–Trinajstić information content (AvgIpc) is 2.97. The summed E-state index contributed by atoms with van der Waals surface area (Å²) in [5, 5.41) is 7.13. The summed E-state index contributed by atoms with van der Waals surface area (Å²) in [7, 11) is 0. The Morgan fingerprint density at radius 3 is 2.67 bits per heavy atom. The lowest BCUT2D eigenvalue weighted by molar-refractivity contribution is -0.120. The number of hydrogen-bond donors (Lipinski definition) is 2. The number of nitrogens with one attached hydrogen (secondary N) is 2. The average molecular weight is 501 g/mol. The number of fused-ring (bicyclic) bond motifs is 1. The Hall–Kier alpha value is -3.64. The lowest BCUT2D eigenvalue weighted by Gasteiger charge is -2.38. The SMILES string of the molecule is CC1(C)CC(=O)C2=C(C1)Nc1ccccc1N(CC(=O)NCc1cccnc1)C2c1ccccc1Cl. The number of nitrogens with zero attached hydrogens (tertiary/aromatic N) is 2. The molecule has 1 aromatic heterocycles. The van der Waals surface area contributed by atoms with Crippen LogP contribution in [0.4, 0.5) is 11.4 Å². The highest BCUT2D eigenvalue weighted by molar-refractivity contribution is 6.31. The van der Waals surface area contributed by atoms with Gasteiger partial charge in [0, 0.05) is 41.7 Å². The van der Waals surface area contributed by atoms with Crippen LogP contribution in [0, 0.1) is 5.41 Å². The summed E-state index contributed by atoms with van der Waals surface area (Å²) in [4.78, 5) is 33.1. The first-order valence-electron chi connectivity index (χ1n) is 12.1. The zero-order chi connectivity index (χ0) is 25.3. The fourth-order valence-electron chi connectivity index (χ4n) is 5.16. The van der Waals surface area contributed by atoms with Gasteiger partial charge in [-0.1, -0.05) is 61.8 Å². The van der Waals surface area contributed by atoms with Crippen molar-refractivity contribution in [2.75, 3.05) is 16.8 Å². The number of amides is 1. The number of halogens is 1. The van der Waals surface area contributed by atoms with Crippen molar-refractivity contribution in [1.29, 1.82) is 0 Å². The van der Waals surface area contributed by atoms with Gasteiger partial charge in [-0.3, -0.25) is 14.6 Å². The molecule has 0 spiro atoms. The molecule has 0 fully saturated rings. The number of aromatic nitrogens is 1. The van der Waals surface area contributed by atoms with Crippen LogP contribution >= 0.6 is 11.6 Å². The van der Waals surface area contributed by atoms with Crippen molar-refractivity contribution in [2.24, 2.45) is 5.41 Å². The quantitative estimate of drug-likeness (QED) is 0.472. The minimum absolute atomic E-state index is 0.0578. The van der Waals surface area contributed by atoms with E-state index in [0.717, 1.165) is 34.6 Å². The fourth-order valence-corrected chi connectivity index (χ4v) is 5.40. The first-order valence-corrected chi connectivity index (χ1v) is 12.5. The molecule has 1 amide bonds. The van der Waals surface area contributed by atoms with Crippen LogP contribution in [0.5, 0.6) is 0 Å². The van der Waals surface area contributed by atoms with E-state index in [2.05, 4.69) is 29.5 Å². The second kappa shape index (κ2) is 9.78. The number of hydrogen-bond acceptors (Lipinski definition) is 5. The number of benzene rings is 2. The maximum absolute atomic E-state index is 13.7. The summed E-state index contributed by atoms with van der Waals surface area (Å²) in [5.74, 6) is -0.0782. The molecule has 2 aliphatic rings. The van der Waals surface area contributed by atoms with E-state index in [1.165, 1.54) is 0 Å². The number of ketones is 1. The highest BCUT2D eigenvalue weighted by Crippen LogP contribution is 2.49. The summed E-state index contributed by atoms with van der Waals surface area (Å²) in [6.07, 6.45) is 4.60. The van der Waals surface area contributed by atoms with E-state index in [1.54, 1.807) is 12.4 Å². The van der Waals surface area contributed by atoms with Crippen molar-refractivity contribution >= 4 is 34.7 Å². The summed E-state index contributed by atoms with van der Waals surface area (Å²) < 4.78 is 0. The third-order valence-corrected chi connectivity index (χ3v) is 7.07. The molecular formula is C29H29ClN4O2. The molecule has 2 aromatic carbocycles. The smallest absolute Gasteiger partial charge is 0.239 e. The van der Waals surface area contributed by atoms with Crippen molar-refractivity contribution in [3.63, 3.8) is 0 Å². The summed E-state index contributed by atoms with van der Waals surface area (Å²) >= 11 is 6.73. The largest absolute Gasteiger partial charge is 0.357 e. The van der Waals surface area contributed by atoms with Gasteiger partial charge >= 0.3 is 0 Å². The Bertz CT molecular complexity index is 1340. The Labute approximate surface area is 216 Å². The highest BCUT2D eigenvalue weighted by Gasteiger charge is 2.42. The topological polar surface area (TPSA) is 74.3 Å². The van der Waals surface area contributed by atoms with Crippen molar-refractivity contribution in [1.82, 2.24) is 10.3 Å². The molecule has 0 saturated heterocycles. The molecule has 1 atom stereocenters. The number of Topliss-reactive ketones (excluding diaryl/α,β-unsaturated/α-hetero) is 1. The number of carbonyl (C=O) groups excluding carboxylic acids is 2. The fraction of sp³-hybridized carbons (Fsp3) is 0.276. The van der Waals surface area contributed by atoms with Gasteiger partial charge in [0.1, 0.15) is 0 Å². The second-order valence-electron chi connectivity index (χ2n) is 10.2. The van der Waals surface area contributed by atoms with Crippen LogP contribution in [0.1, 0.15) is 43.9 Å². The monoisotopic (exact) mass is 500 g/mol. The normalized spacial score (nSPS) is 18.6. The minimum atomic E-state index is -0.502. The molecule has 2 N–H and O–H groups in total. The lowest BCUT2D eigenvalue weighted by Crippen LogP contribution is -2.42. The van der Waals surface area contributed by atoms with E-state index in [9.17, 15) is 9.59 Å². The minimum Gasteiger partial charge on any atom is -0.357 e. The van der Waals surface area contributed by atoms with Gasteiger partial charge in [-0.25, -0.2) is 0 Å². The first kappa shape index (κ1) is 24.1. The van der Waals surface area contributed by atoms with Gasteiger partial charge < -0.3 is 15.5 Å². The number of pyridine rings is 1. The van der Waals surface area contributed by atoms with E-state index in [-0.39, 0.29) is 23.7 Å². The Balaban J connectivity index is 1.60. The zero-order valence-electron chi connectivity index (χ0n) is 20.4. The molecular weight excluding hydrogens is 472 g/mol. The molecule has 3 aromatic rings. The van der Waals surface area contributed by atoms with E-state index < -0.39 is 6.04 Å². The molecule has 1 aliphatic carbocycles. The molecule has 184 valence electrons. The summed E-state index contributed by atoms with van der Waals surface area (Å²) in [6, 6.07) is 18.7. The molecule has 1 aliphatic heterocycles. The molecule has 1 unspecified atom stereocenters. The van der Waals surface area contributed by atoms with Gasteiger partial charge in [0.05, 0.1) is 24.0 Å². The maximum atomic E-state index is 13.7. The standard InChI is InChI=1S/C29H29ClN4O2/c1-29(2)14-23-27(25(35)15-29)28(20-9-3-4-10-21(20)30)34(24-12-6-5-11-22(24)33-23)18-26(36)32-17-19-8-7-13-31-16-19/h3-13,16,28,33H,14-15,17-18H2,1-2H3,(H,32,36). The van der Waals surface area contributed by atoms with Crippen LogP contribution < -0.4 is 15.5 Å². The number of carbonyl (C=O) groups is 2. The Morgan fingerprint density at radius 1 is 1.11 bits per heavy atom. The number of allylic oxidation sites excluding steroid dienone is 1. The number of para-hydroxylation sites is 2. The van der Waals surface area contributed by atoms with Gasteiger partial charge in [0.15, 0.2) is 5.78 Å². The molecule has 6 nitrogen and oxygen atoms in total. The van der Waals surface area contributed by atoms with E-state index in [4.69, 9.17) is 11.6 Å². The van der Waals surface area contributed by atoms with Gasteiger partial charge in [-0.2, -0.15) is 0 Å². The third-order valence-electron chi connectivity index (χ3n) is 6.73. The van der Waals surface area contributed by atoms with Crippen LogP contribution in [-0.4, -0.2) is 23.2 Å². The van der Waals surface area contributed by atoms with Crippen molar-refractivity contribution in [3.8, 4) is 0 Å². The maximum Gasteiger partial charge on any atom is 0.239 e. The lowest BCUT2D eigenvalue weighted by atomic mass is 9.73. The van der Waals surface area contributed by atoms with Crippen LogP contribution in [0.3, 0.4) is 0 Å². The van der Waals surface area contributed by atoms with Crippen molar-refractivity contribution < 1.29 is 9.59 Å². The van der Waals surface area contributed by atoms with E-state index >= 15 is 0 Å². The summed E-state index contributed by atoms with van der Waals surface area (Å²) in [6.45, 7) is 4.66. The molecule has 0 bridgehead atoms. The number of rotatable bonds is 5. The zero-order valence-corrected chi connectivity index (χ0v) is 21.2. The Morgan fingerprint density at radius 2 is 1.89 bits per heavy atom. The van der Waals surface area contributed by atoms with Crippen LogP contribution in [-0.2, 0) is 16.1 Å². The van der Waals surface area contributed by atoms with Crippen molar-refractivity contribution in [2.45, 2.75) is 39.3 Å². The predicted octanol–water partition coefficient (Wildman–Crippen LogP) is 5.67. The molecule has 2 heterocycles. The molecule has 36 heavy (non-hydrogen) atoms. The van der Waals surface area contributed by atoms with Crippen molar-refractivity contribution in [3.05, 3.63) is 100 Å². The molecule has 5 rings (SSSR count). The Kier molecular flexibility index (Phi) is 6.54. The predicted molar refractivity (Wildman–Crippen MR) is 143 cm³/mol. The van der Waals surface area contributed by atoms with Crippen LogP contribution in [0.15, 0.2) is 84.3 Å². The van der Waals surface area contributed by atoms with E-state index in [0.29, 0.717) is 23.6 Å². The van der Waals surface area contributed by atoms with Gasteiger partial charge in [0.2, 0.25) is 5.91 Å². The first-order chi connectivity index (χ1) is 17.3. The van der Waals surface area contributed by atoms with Crippen LogP contribution in [0.2, 0.25) is 5.02 Å². The molecule has 0 saturated carbocycles. The van der Waals surface area contributed by atoms with Gasteiger partial charge in [0.25, 0.3) is 0 Å². The van der Waals surface area contributed by atoms with Gasteiger partial charge in [-0.15, -0.1) is 0 Å². The molecule has 7 heteroatoms. The molecule has 0 radical (unpaired) electrons.